The minimum Gasteiger partial charge on any atom is -0.378 e. The molecule has 0 radical (unpaired) electrons. The van der Waals surface area contributed by atoms with Gasteiger partial charge in [-0.05, 0) is 49.7 Å². The smallest absolute Gasteiger partial charge is 0.269 e. The Labute approximate surface area is 182 Å². The van der Waals surface area contributed by atoms with Gasteiger partial charge in [0.15, 0.2) is 0 Å². The van der Waals surface area contributed by atoms with Crippen molar-refractivity contribution < 1.29 is 19.2 Å². The second-order valence-electron chi connectivity index (χ2n) is 9.18. The van der Waals surface area contributed by atoms with Gasteiger partial charge in [0.05, 0.1) is 11.0 Å². The SMILES string of the molecule is O=C1CC2(CCCC2)CC(=O)N1CCCOC1CCN(c2ccc([N+](=O)[O-])cc2)CC1. The summed E-state index contributed by atoms with van der Waals surface area (Å²) in [5.74, 6) is -0.0101. The van der Waals surface area contributed by atoms with Crippen LogP contribution in [0, 0.1) is 15.5 Å². The van der Waals surface area contributed by atoms with E-state index < -0.39 is 0 Å². The van der Waals surface area contributed by atoms with E-state index in [1.54, 1.807) is 12.1 Å². The zero-order valence-electron chi connectivity index (χ0n) is 18.0. The number of ether oxygens (including phenoxy) is 1. The monoisotopic (exact) mass is 429 g/mol. The van der Waals surface area contributed by atoms with Gasteiger partial charge >= 0.3 is 0 Å². The molecule has 0 atom stereocenters. The Morgan fingerprint density at radius 3 is 2.23 bits per heavy atom. The molecule has 0 aromatic heterocycles. The molecule has 3 aliphatic rings. The molecule has 1 spiro atoms. The quantitative estimate of drug-likeness (QED) is 0.284. The molecule has 168 valence electrons. The fraction of sp³-hybridized carbons (Fsp3) is 0.652. The van der Waals surface area contributed by atoms with Crippen molar-refractivity contribution in [1.82, 2.24) is 4.90 Å². The average molecular weight is 430 g/mol. The predicted molar refractivity (Wildman–Crippen MR) is 116 cm³/mol. The van der Waals surface area contributed by atoms with Crippen molar-refractivity contribution in [3.8, 4) is 0 Å². The molecule has 0 N–H and O–H groups in total. The van der Waals surface area contributed by atoms with Crippen molar-refractivity contribution in [2.24, 2.45) is 5.41 Å². The van der Waals surface area contributed by atoms with E-state index in [1.807, 2.05) is 0 Å². The highest BCUT2D eigenvalue weighted by Gasteiger charge is 2.44. The van der Waals surface area contributed by atoms with Crippen molar-refractivity contribution in [2.75, 3.05) is 31.1 Å². The average Bonchev–Trinajstić information content (AvgIpc) is 3.20. The molecule has 2 aliphatic heterocycles. The van der Waals surface area contributed by atoms with Crippen LogP contribution < -0.4 is 4.90 Å². The molecule has 2 heterocycles. The first-order chi connectivity index (χ1) is 15.0. The van der Waals surface area contributed by atoms with Crippen molar-refractivity contribution >= 4 is 23.2 Å². The van der Waals surface area contributed by atoms with E-state index in [0.29, 0.717) is 32.4 Å². The van der Waals surface area contributed by atoms with E-state index in [0.717, 1.165) is 57.3 Å². The van der Waals surface area contributed by atoms with Crippen molar-refractivity contribution in [3.63, 3.8) is 0 Å². The van der Waals surface area contributed by atoms with E-state index in [1.165, 1.54) is 17.0 Å². The Kier molecular flexibility index (Phi) is 6.55. The van der Waals surface area contributed by atoms with E-state index in [2.05, 4.69) is 4.90 Å². The summed E-state index contributed by atoms with van der Waals surface area (Å²) in [6.45, 7) is 2.68. The third-order valence-electron chi connectivity index (χ3n) is 7.07. The maximum absolute atomic E-state index is 12.5. The molecule has 2 amide bonds. The molecule has 1 saturated carbocycles. The number of rotatable bonds is 7. The van der Waals surface area contributed by atoms with Crippen LogP contribution in [-0.2, 0) is 14.3 Å². The van der Waals surface area contributed by atoms with Gasteiger partial charge in [-0.1, -0.05) is 12.8 Å². The number of benzene rings is 1. The van der Waals surface area contributed by atoms with Crippen LogP contribution in [-0.4, -0.2) is 54.0 Å². The number of nitrogens with zero attached hydrogens (tertiary/aromatic N) is 3. The summed E-state index contributed by atoms with van der Waals surface area (Å²) in [6, 6.07) is 6.66. The first kappa shape index (κ1) is 21.7. The molecule has 4 rings (SSSR count). The lowest BCUT2D eigenvalue weighted by atomic mass is 9.76. The molecule has 1 aromatic rings. The lowest BCUT2D eigenvalue weighted by molar-refractivity contribution is -0.384. The summed E-state index contributed by atoms with van der Waals surface area (Å²) in [6.07, 6.45) is 7.98. The molecule has 1 aliphatic carbocycles. The lowest BCUT2D eigenvalue weighted by Crippen LogP contribution is -2.47. The molecular formula is C23H31N3O5. The number of nitro groups is 1. The third-order valence-corrected chi connectivity index (χ3v) is 7.07. The number of likely N-dealkylation sites (tertiary alicyclic amines) is 1. The number of carbonyl (C=O) groups is 2. The Morgan fingerprint density at radius 1 is 1.03 bits per heavy atom. The third kappa shape index (κ3) is 5.06. The van der Waals surface area contributed by atoms with Crippen molar-refractivity contribution in [3.05, 3.63) is 34.4 Å². The normalized spacial score (nSPS) is 21.8. The molecule has 1 aromatic carbocycles. The first-order valence-electron chi connectivity index (χ1n) is 11.4. The predicted octanol–water partition coefficient (Wildman–Crippen LogP) is 3.68. The Hall–Kier alpha value is -2.48. The number of carbonyl (C=O) groups excluding carboxylic acids is 2. The van der Waals surface area contributed by atoms with Gasteiger partial charge in [-0.3, -0.25) is 24.6 Å². The highest BCUT2D eigenvalue weighted by molar-refractivity contribution is 5.98. The maximum Gasteiger partial charge on any atom is 0.269 e. The van der Waals surface area contributed by atoms with Gasteiger partial charge in [-0.15, -0.1) is 0 Å². The summed E-state index contributed by atoms with van der Waals surface area (Å²) >= 11 is 0. The van der Waals surface area contributed by atoms with Crippen molar-refractivity contribution in [1.29, 1.82) is 0 Å². The highest BCUT2D eigenvalue weighted by Crippen LogP contribution is 2.46. The lowest BCUT2D eigenvalue weighted by Gasteiger charge is -2.37. The number of anilines is 1. The topological polar surface area (TPSA) is 93.0 Å². The van der Waals surface area contributed by atoms with Gasteiger partial charge in [-0.2, -0.15) is 0 Å². The molecule has 0 unspecified atom stereocenters. The van der Waals surface area contributed by atoms with Crippen LogP contribution in [0.2, 0.25) is 0 Å². The molecular weight excluding hydrogens is 398 g/mol. The molecule has 0 bridgehead atoms. The number of piperidine rings is 2. The van der Waals surface area contributed by atoms with Gasteiger partial charge in [-0.25, -0.2) is 0 Å². The van der Waals surface area contributed by atoms with Gasteiger partial charge in [0.1, 0.15) is 0 Å². The fourth-order valence-corrected chi connectivity index (χ4v) is 5.30. The van der Waals surface area contributed by atoms with Gasteiger partial charge in [0.2, 0.25) is 11.8 Å². The van der Waals surface area contributed by atoms with Gasteiger partial charge < -0.3 is 9.64 Å². The molecule has 2 saturated heterocycles. The zero-order chi connectivity index (χ0) is 21.8. The number of hydrogen-bond donors (Lipinski definition) is 0. The number of non-ortho nitro benzene ring substituents is 1. The largest absolute Gasteiger partial charge is 0.378 e. The summed E-state index contributed by atoms with van der Waals surface area (Å²) in [5, 5.41) is 10.8. The van der Waals surface area contributed by atoms with Crippen LogP contribution >= 0.6 is 0 Å². The molecule has 3 fully saturated rings. The van der Waals surface area contributed by atoms with E-state index in [-0.39, 0.29) is 33.9 Å². The van der Waals surface area contributed by atoms with Crippen LogP contribution in [0.5, 0.6) is 0 Å². The van der Waals surface area contributed by atoms with Crippen LogP contribution in [0.4, 0.5) is 11.4 Å². The van der Waals surface area contributed by atoms with Gasteiger partial charge in [0, 0.05) is 56.9 Å². The summed E-state index contributed by atoms with van der Waals surface area (Å²) in [5.41, 5.74) is 1.05. The van der Waals surface area contributed by atoms with Crippen LogP contribution in [0.15, 0.2) is 24.3 Å². The minimum atomic E-state index is -0.387. The maximum atomic E-state index is 12.5. The second-order valence-corrected chi connectivity index (χ2v) is 9.18. The first-order valence-corrected chi connectivity index (χ1v) is 11.4. The zero-order valence-corrected chi connectivity index (χ0v) is 18.0. The second kappa shape index (κ2) is 9.34. The summed E-state index contributed by atoms with van der Waals surface area (Å²) < 4.78 is 6.01. The summed E-state index contributed by atoms with van der Waals surface area (Å²) in [7, 11) is 0. The van der Waals surface area contributed by atoms with Crippen LogP contribution in [0.3, 0.4) is 0 Å². The van der Waals surface area contributed by atoms with E-state index >= 15 is 0 Å². The highest BCUT2D eigenvalue weighted by atomic mass is 16.6. The number of imide groups is 1. The summed E-state index contributed by atoms with van der Waals surface area (Å²) in [4.78, 5) is 39.1. The minimum absolute atomic E-state index is 0.00504. The van der Waals surface area contributed by atoms with E-state index in [4.69, 9.17) is 4.74 Å². The molecule has 31 heavy (non-hydrogen) atoms. The van der Waals surface area contributed by atoms with Crippen LogP contribution in [0.1, 0.15) is 57.8 Å². The van der Waals surface area contributed by atoms with E-state index in [9.17, 15) is 19.7 Å². The molecule has 8 heteroatoms. The number of nitro benzene ring substituents is 1. The standard InChI is InChI=1S/C23H31N3O5/c27-21-16-23(10-1-2-11-23)17-22(28)25(21)12-3-15-31-20-8-13-24(14-9-20)18-4-6-19(7-5-18)26(29)30/h4-7,20H,1-3,8-17H2. The Balaban J connectivity index is 1.16. The van der Waals surface area contributed by atoms with Gasteiger partial charge in [0.25, 0.3) is 5.69 Å². The Morgan fingerprint density at radius 2 is 1.65 bits per heavy atom. The fourth-order valence-electron chi connectivity index (χ4n) is 5.30. The molecule has 8 nitrogen and oxygen atoms in total. The Bertz CT molecular complexity index is 791. The number of hydrogen-bond acceptors (Lipinski definition) is 6. The van der Waals surface area contributed by atoms with Crippen molar-refractivity contribution in [2.45, 2.75) is 63.9 Å². The van der Waals surface area contributed by atoms with Crippen LogP contribution in [0.25, 0.3) is 0 Å². The number of amides is 2.